The maximum Gasteiger partial charge on any atom is 0.367 e. The molecule has 8 heteroatoms. The van der Waals surface area contributed by atoms with Gasteiger partial charge in [-0.2, -0.15) is 0 Å². The Hall–Kier alpha value is -2.84. The van der Waals surface area contributed by atoms with Crippen molar-refractivity contribution in [1.29, 1.82) is 0 Å². The van der Waals surface area contributed by atoms with Crippen LogP contribution in [-0.2, 0) is 9.63 Å². The Balaban J connectivity index is 1.54. The molecule has 1 aromatic heterocycles. The highest BCUT2D eigenvalue weighted by atomic mass is 32.2. The van der Waals surface area contributed by atoms with E-state index in [9.17, 15) is 9.90 Å². The maximum atomic E-state index is 12.1. The number of aromatic hydroxyl groups is 1. The Morgan fingerprint density at radius 2 is 2.15 bits per heavy atom. The molecule has 3 aromatic rings. The summed E-state index contributed by atoms with van der Waals surface area (Å²) in [5, 5.41) is 13.6. The number of oxime groups is 1. The molecule has 1 N–H and O–H groups in total. The number of para-hydroxylation sites is 1. The number of phenolic OH excluding ortho intramolecular Hbond substituents is 1. The Morgan fingerprint density at radius 3 is 2.96 bits per heavy atom. The highest BCUT2D eigenvalue weighted by Crippen LogP contribution is 2.31. The Kier molecular flexibility index (Phi) is 4.83. The number of rotatable bonds is 5. The molecule has 0 saturated heterocycles. The van der Waals surface area contributed by atoms with Crippen LogP contribution in [0.2, 0.25) is 0 Å². The average Bonchev–Trinajstić information content (AvgIpc) is 3.25. The molecule has 0 radical (unpaired) electrons. The van der Waals surface area contributed by atoms with Crippen molar-refractivity contribution >= 4 is 51.1 Å². The van der Waals surface area contributed by atoms with Gasteiger partial charge in [0.2, 0.25) is 0 Å². The van der Waals surface area contributed by atoms with Gasteiger partial charge < -0.3 is 14.7 Å². The smallest absolute Gasteiger partial charge is 0.367 e. The molecule has 0 amide bonds. The molecule has 1 aliphatic rings. The van der Waals surface area contributed by atoms with Crippen LogP contribution in [0.25, 0.3) is 16.3 Å². The first-order valence-electron chi connectivity index (χ1n) is 7.99. The van der Waals surface area contributed by atoms with Crippen LogP contribution < -0.4 is 4.74 Å². The molecule has 2 aromatic carbocycles. The van der Waals surface area contributed by atoms with Crippen molar-refractivity contribution in [3.05, 3.63) is 53.6 Å². The second kappa shape index (κ2) is 7.42. The van der Waals surface area contributed by atoms with Crippen LogP contribution in [0, 0.1) is 0 Å². The van der Waals surface area contributed by atoms with Crippen LogP contribution in [0.3, 0.4) is 0 Å². The number of hydrogen-bond donors (Lipinski definition) is 1. The van der Waals surface area contributed by atoms with E-state index in [1.54, 1.807) is 29.5 Å². The highest BCUT2D eigenvalue weighted by molar-refractivity contribution is 8.01. The van der Waals surface area contributed by atoms with Crippen LogP contribution in [0.5, 0.6) is 11.5 Å². The van der Waals surface area contributed by atoms with E-state index in [0.717, 1.165) is 14.6 Å². The Morgan fingerprint density at radius 1 is 1.30 bits per heavy atom. The van der Waals surface area contributed by atoms with Crippen molar-refractivity contribution < 1.29 is 19.5 Å². The zero-order chi connectivity index (χ0) is 18.8. The Labute approximate surface area is 163 Å². The van der Waals surface area contributed by atoms with Gasteiger partial charge in [0.15, 0.2) is 15.8 Å². The van der Waals surface area contributed by atoms with Gasteiger partial charge in [0.1, 0.15) is 5.71 Å². The number of phenols is 1. The molecule has 2 heterocycles. The SMILES string of the molecule is COc1cc(C=C2C(=O)ON=C2CSc2nc3ccccc3s2)ccc1O. The number of fused-ring (bicyclic) bond motifs is 1. The second-order valence-corrected chi connectivity index (χ2v) is 7.90. The van der Waals surface area contributed by atoms with Crippen LogP contribution in [0.15, 0.2) is 57.5 Å². The summed E-state index contributed by atoms with van der Waals surface area (Å²) >= 11 is 3.11. The van der Waals surface area contributed by atoms with Crippen molar-refractivity contribution in [3.63, 3.8) is 0 Å². The fourth-order valence-corrected chi connectivity index (χ4v) is 4.56. The maximum absolute atomic E-state index is 12.1. The zero-order valence-electron chi connectivity index (χ0n) is 14.2. The van der Waals surface area contributed by atoms with Crippen molar-refractivity contribution in [1.82, 2.24) is 4.98 Å². The predicted octanol–water partition coefficient (Wildman–Crippen LogP) is 4.10. The first kappa shape index (κ1) is 17.6. The molecule has 4 rings (SSSR count). The number of carbonyl (C=O) groups excluding carboxylic acids is 1. The molecule has 0 unspecified atom stereocenters. The van der Waals surface area contributed by atoms with Gasteiger partial charge >= 0.3 is 5.97 Å². The standard InChI is InChI=1S/C19H14N2O4S2/c1-24-16-9-11(6-7-15(16)22)8-12-14(21-25-18(12)23)10-26-19-20-13-4-2-3-5-17(13)27-19/h2-9,22H,10H2,1H3. The van der Waals surface area contributed by atoms with E-state index < -0.39 is 5.97 Å². The zero-order valence-corrected chi connectivity index (χ0v) is 15.8. The second-order valence-electron chi connectivity index (χ2n) is 5.64. The van der Waals surface area contributed by atoms with E-state index in [1.165, 1.54) is 24.9 Å². The number of benzene rings is 2. The minimum Gasteiger partial charge on any atom is -0.504 e. The monoisotopic (exact) mass is 398 g/mol. The number of thioether (sulfide) groups is 1. The van der Waals surface area contributed by atoms with Crippen molar-refractivity contribution in [2.75, 3.05) is 12.9 Å². The summed E-state index contributed by atoms with van der Waals surface area (Å²) in [6.07, 6.45) is 1.68. The van der Waals surface area contributed by atoms with E-state index in [0.29, 0.717) is 28.4 Å². The number of hydrogen-bond acceptors (Lipinski definition) is 8. The first-order valence-corrected chi connectivity index (χ1v) is 9.80. The molecule has 0 saturated carbocycles. The number of aromatic nitrogens is 1. The average molecular weight is 398 g/mol. The van der Waals surface area contributed by atoms with E-state index in [-0.39, 0.29) is 5.75 Å². The van der Waals surface area contributed by atoms with E-state index >= 15 is 0 Å². The minimum atomic E-state index is -0.498. The van der Waals surface area contributed by atoms with Gasteiger partial charge in [0, 0.05) is 5.75 Å². The summed E-state index contributed by atoms with van der Waals surface area (Å²) in [7, 11) is 1.47. The lowest BCUT2D eigenvalue weighted by molar-refractivity contribution is -0.136. The van der Waals surface area contributed by atoms with Crippen molar-refractivity contribution in [2.45, 2.75) is 4.34 Å². The van der Waals surface area contributed by atoms with Crippen molar-refractivity contribution in [3.8, 4) is 11.5 Å². The van der Waals surface area contributed by atoms with Gasteiger partial charge in [-0.25, -0.2) is 9.78 Å². The quantitative estimate of drug-likeness (QED) is 0.396. The van der Waals surface area contributed by atoms with Gasteiger partial charge in [-0.3, -0.25) is 0 Å². The third kappa shape index (κ3) is 3.67. The molecule has 27 heavy (non-hydrogen) atoms. The topological polar surface area (TPSA) is 81.0 Å². The van der Waals surface area contributed by atoms with E-state index in [4.69, 9.17) is 9.57 Å². The molecule has 0 aliphatic carbocycles. The molecule has 136 valence electrons. The molecule has 0 atom stereocenters. The molecular weight excluding hydrogens is 384 g/mol. The third-order valence-electron chi connectivity index (χ3n) is 3.89. The van der Waals surface area contributed by atoms with Gasteiger partial charge in [-0.15, -0.1) is 11.3 Å². The number of ether oxygens (including phenoxy) is 1. The lowest BCUT2D eigenvalue weighted by Gasteiger charge is -2.04. The van der Waals surface area contributed by atoms with Gasteiger partial charge in [-0.1, -0.05) is 35.1 Å². The molecule has 0 spiro atoms. The molecule has 1 aliphatic heterocycles. The summed E-state index contributed by atoms with van der Waals surface area (Å²) in [6.45, 7) is 0. The first-order chi connectivity index (χ1) is 13.1. The number of carbonyl (C=O) groups is 1. The Bertz CT molecular complexity index is 1060. The lowest BCUT2D eigenvalue weighted by Crippen LogP contribution is -2.07. The molecule has 0 bridgehead atoms. The fourth-order valence-electron chi connectivity index (χ4n) is 2.55. The highest BCUT2D eigenvalue weighted by Gasteiger charge is 2.26. The summed E-state index contributed by atoms with van der Waals surface area (Å²) in [6, 6.07) is 12.8. The molecule has 6 nitrogen and oxygen atoms in total. The van der Waals surface area contributed by atoms with Crippen molar-refractivity contribution in [2.24, 2.45) is 5.16 Å². The third-order valence-corrected chi connectivity index (χ3v) is 6.08. The summed E-state index contributed by atoms with van der Waals surface area (Å²) < 4.78 is 7.13. The van der Waals surface area contributed by atoms with Crippen LogP contribution in [-0.4, -0.2) is 34.6 Å². The summed E-state index contributed by atoms with van der Waals surface area (Å²) in [4.78, 5) is 21.5. The molecule has 0 fully saturated rings. The van der Waals surface area contributed by atoms with Gasteiger partial charge in [0.05, 0.1) is 22.9 Å². The summed E-state index contributed by atoms with van der Waals surface area (Å²) in [5.41, 5.74) is 2.60. The number of nitrogens with zero attached hydrogens (tertiary/aromatic N) is 2. The minimum absolute atomic E-state index is 0.0360. The molecular formula is C19H14N2O4S2. The van der Waals surface area contributed by atoms with Crippen LogP contribution in [0.1, 0.15) is 5.56 Å². The number of methoxy groups -OCH3 is 1. The van der Waals surface area contributed by atoms with Crippen LogP contribution >= 0.6 is 23.1 Å². The fraction of sp³-hybridized carbons (Fsp3) is 0.105. The normalized spacial score (nSPS) is 15.2. The van der Waals surface area contributed by atoms with E-state index in [2.05, 4.69) is 10.1 Å². The van der Waals surface area contributed by atoms with E-state index in [1.807, 2.05) is 24.3 Å². The van der Waals surface area contributed by atoms with Crippen LogP contribution in [0.4, 0.5) is 0 Å². The number of thiazole rings is 1. The van der Waals surface area contributed by atoms with Gasteiger partial charge in [0.25, 0.3) is 0 Å². The predicted molar refractivity (Wildman–Crippen MR) is 107 cm³/mol. The van der Waals surface area contributed by atoms with Gasteiger partial charge in [-0.05, 0) is 35.9 Å². The lowest BCUT2D eigenvalue weighted by atomic mass is 10.1. The largest absolute Gasteiger partial charge is 0.504 e. The summed E-state index contributed by atoms with van der Waals surface area (Å²) in [5.74, 6) is 0.334.